The molecule has 0 aliphatic carbocycles. The summed E-state index contributed by atoms with van der Waals surface area (Å²) in [5.74, 6) is 0.233. The molecule has 2 rings (SSSR count). The summed E-state index contributed by atoms with van der Waals surface area (Å²) in [6, 6.07) is 3.55. The summed E-state index contributed by atoms with van der Waals surface area (Å²) in [6.07, 6.45) is -0.437. The van der Waals surface area contributed by atoms with Crippen molar-refractivity contribution in [3.63, 3.8) is 0 Å². The van der Waals surface area contributed by atoms with Gasteiger partial charge in [0.05, 0.1) is 9.61 Å². The largest absolute Gasteiger partial charge is 0.506 e. The molecule has 1 atom stereocenters. The highest BCUT2D eigenvalue weighted by atomic mass is 127. The molecule has 0 saturated carbocycles. The smallest absolute Gasteiger partial charge is 0.407 e. The number of benzene rings is 1. The maximum atomic E-state index is 11.4. The Kier molecular flexibility index (Phi) is 3.96. The van der Waals surface area contributed by atoms with Crippen LogP contribution in [-0.4, -0.2) is 17.8 Å². The van der Waals surface area contributed by atoms with Crippen molar-refractivity contribution in [2.24, 2.45) is 5.41 Å². The van der Waals surface area contributed by atoms with E-state index in [1.165, 1.54) is 0 Å². The van der Waals surface area contributed by atoms with Crippen molar-refractivity contribution in [2.75, 3.05) is 6.61 Å². The third-order valence-electron chi connectivity index (χ3n) is 2.99. The van der Waals surface area contributed by atoms with Crippen molar-refractivity contribution in [2.45, 2.75) is 19.9 Å². The van der Waals surface area contributed by atoms with Gasteiger partial charge in [0.25, 0.3) is 0 Å². The fourth-order valence-electron chi connectivity index (χ4n) is 1.99. The van der Waals surface area contributed by atoms with Gasteiger partial charge in [0.1, 0.15) is 12.4 Å². The van der Waals surface area contributed by atoms with E-state index in [0.717, 1.165) is 12.7 Å². The standard InChI is InChI=1S/C12H13I2NO3/c1-12(2)5-18-11(17)15-10(12)7-3-6(13)4-8(14)9(7)16/h3-4,10,16H,5H2,1-2H3,(H,15,17)/t10-/m1/s1. The Balaban J connectivity index is 2.49. The van der Waals surface area contributed by atoms with E-state index in [9.17, 15) is 9.90 Å². The number of aromatic hydroxyl groups is 1. The number of carbonyl (C=O) groups is 1. The van der Waals surface area contributed by atoms with E-state index in [2.05, 4.69) is 50.5 Å². The van der Waals surface area contributed by atoms with Crippen molar-refractivity contribution < 1.29 is 14.6 Å². The molecular formula is C12H13I2NO3. The van der Waals surface area contributed by atoms with Crippen molar-refractivity contribution in [3.05, 3.63) is 24.8 Å². The van der Waals surface area contributed by atoms with E-state index < -0.39 is 6.09 Å². The first kappa shape index (κ1) is 14.2. The van der Waals surface area contributed by atoms with Crippen LogP contribution in [0.25, 0.3) is 0 Å². The van der Waals surface area contributed by atoms with Crippen LogP contribution in [0.3, 0.4) is 0 Å². The van der Waals surface area contributed by atoms with Crippen LogP contribution >= 0.6 is 45.2 Å². The molecule has 0 spiro atoms. The number of amides is 1. The Morgan fingerprint density at radius 3 is 2.78 bits per heavy atom. The second-order valence-electron chi connectivity index (χ2n) is 4.97. The number of phenols is 1. The van der Waals surface area contributed by atoms with Crippen LogP contribution in [0.5, 0.6) is 5.75 Å². The third kappa shape index (κ3) is 2.68. The van der Waals surface area contributed by atoms with E-state index in [1.54, 1.807) is 0 Å². The molecular weight excluding hydrogens is 460 g/mol. The first-order valence-corrected chi connectivity index (χ1v) is 7.58. The molecule has 4 nitrogen and oxygen atoms in total. The number of nitrogens with one attached hydrogen (secondary N) is 1. The van der Waals surface area contributed by atoms with E-state index >= 15 is 0 Å². The van der Waals surface area contributed by atoms with Crippen LogP contribution in [0.15, 0.2) is 12.1 Å². The number of rotatable bonds is 1. The quantitative estimate of drug-likeness (QED) is 0.616. The average molecular weight is 473 g/mol. The minimum Gasteiger partial charge on any atom is -0.506 e. The van der Waals surface area contributed by atoms with Crippen molar-refractivity contribution in [1.82, 2.24) is 5.32 Å². The molecule has 1 amide bonds. The van der Waals surface area contributed by atoms with Crippen LogP contribution in [0, 0.1) is 12.6 Å². The Morgan fingerprint density at radius 2 is 2.11 bits per heavy atom. The van der Waals surface area contributed by atoms with Gasteiger partial charge in [-0.2, -0.15) is 0 Å². The van der Waals surface area contributed by atoms with Crippen molar-refractivity contribution >= 4 is 51.3 Å². The zero-order chi connectivity index (χ0) is 13.5. The highest BCUT2D eigenvalue weighted by molar-refractivity contribution is 14.1. The van der Waals surface area contributed by atoms with Gasteiger partial charge in [-0.15, -0.1) is 0 Å². The maximum absolute atomic E-state index is 11.4. The molecule has 1 aliphatic heterocycles. The van der Waals surface area contributed by atoms with Crippen LogP contribution in [0.2, 0.25) is 0 Å². The fraction of sp³-hybridized carbons (Fsp3) is 0.417. The van der Waals surface area contributed by atoms with E-state index in [0.29, 0.717) is 6.61 Å². The van der Waals surface area contributed by atoms with Gasteiger partial charge in [-0.25, -0.2) is 4.79 Å². The molecule has 1 aromatic carbocycles. The molecule has 1 saturated heterocycles. The van der Waals surface area contributed by atoms with Gasteiger partial charge >= 0.3 is 6.09 Å². The van der Waals surface area contributed by atoms with E-state index in [1.807, 2.05) is 26.0 Å². The minimum atomic E-state index is -0.437. The molecule has 1 aliphatic rings. The number of ether oxygens (including phenoxy) is 1. The average Bonchev–Trinajstić information content (AvgIpc) is 2.27. The summed E-state index contributed by atoms with van der Waals surface area (Å²) in [5.41, 5.74) is 0.478. The van der Waals surface area contributed by atoms with Gasteiger partial charge in [0, 0.05) is 14.5 Å². The van der Waals surface area contributed by atoms with E-state index in [-0.39, 0.29) is 17.2 Å². The van der Waals surface area contributed by atoms with Crippen molar-refractivity contribution in [1.29, 1.82) is 0 Å². The highest BCUT2D eigenvalue weighted by Crippen LogP contribution is 2.41. The molecule has 18 heavy (non-hydrogen) atoms. The lowest BCUT2D eigenvalue weighted by Gasteiger charge is -2.38. The first-order valence-electron chi connectivity index (χ1n) is 5.42. The molecule has 0 unspecified atom stereocenters. The number of hydrogen-bond acceptors (Lipinski definition) is 3. The topological polar surface area (TPSA) is 58.6 Å². The minimum absolute atomic E-state index is 0.233. The summed E-state index contributed by atoms with van der Waals surface area (Å²) < 4.78 is 6.82. The van der Waals surface area contributed by atoms with Crippen LogP contribution in [0.4, 0.5) is 4.79 Å². The summed E-state index contributed by atoms with van der Waals surface area (Å²) in [4.78, 5) is 11.4. The number of carbonyl (C=O) groups excluding carboxylic acids is 1. The zero-order valence-corrected chi connectivity index (χ0v) is 14.3. The number of phenolic OH excluding ortho intramolecular Hbond substituents is 1. The predicted octanol–water partition coefficient (Wildman–Crippen LogP) is 3.41. The molecule has 98 valence electrons. The first-order chi connectivity index (χ1) is 8.31. The summed E-state index contributed by atoms with van der Waals surface area (Å²) in [5, 5.41) is 13.0. The molecule has 1 heterocycles. The van der Waals surface area contributed by atoms with Gasteiger partial charge in [-0.1, -0.05) is 13.8 Å². The molecule has 6 heteroatoms. The number of hydrogen-bond donors (Lipinski definition) is 2. The molecule has 2 N–H and O–H groups in total. The van der Waals surface area contributed by atoms with Gasteiger partial charge in [0.15, 0.2) is 0 Å². The SMILES string of the molecule is CC1(C)COC(=O)N[C@@H]1c1cc(I)cc(I)c1O. The summed E-state index contributed by atoms with van der Waals surface area (Å²) in [7, 11) is 0. The second-order valence-corrected chi connectivity index (χ2v) is 7.38. The van der Waals surface area contributed by atoms with Gasteiger partial charge in [-0.3, -0.25) is 0 Å². The van der Waals surface area contributed by atoms with E-state index in [4.69, 9.17) is 4.74 Å². The lowest BCUT2D eigenvalue weighted by Crippen LogP contribution is -2.47. The zero-order valence-electron chi connectivity index (χ0n) is 9.96. The molecule has 0 bridgehead atoms. The number of halogens is 2. The Morgan fingerprint density at radius 1 is 1.44 bits per heavy atom. The third-order valence-corrected chi connectivity index (χ3v) is 4.43. The van der Waals surface area contributed by atoms with Gasteiger partial charge in [0.2, 0.25) is 0 Å². The van der Waals surface area contributed by atoms with Crippen LogP contribution in [-0.2, 0) is 4.74 Å². The summed E-state index contributed by atoms with van der Waals surface area (Å²) in [6.45, 7) is 4.34. The monoisotopic (exact) mass is 473 g/mol. The number of alkyl carbamates (subject to hydrolysis) is 1. The Hall–Kier alpha value is -0.250. The maximum Gasteiger partial charge on any atom is 0.407 e. The lowest BCUT2D eigenvalue weighted by atomic mass is 9.80. The van der Waals surface area contributed by atoms with Gasteiger partial charge in [-0.05, 0) is 57.3 Å². The lowest BCUT2D eigenvalue weighted by molar-refractivity contribution is 0.0381. The summed E-state index contributed by atoms with van der Waals surface area (Å²) >= 11 is 4.29. The fourth-order valence-corrected chi connectivity index (χ4v) is 3.88. The van der Waals surface area contributed by atoms with Crippen LogP contribution < -0.4 is 5.32 Å². The molecule has 1 fully saturated rings. The Bertz CT molecular complexity index is 502. The predicted molar refractivity (Wildman–Crippen MR) is 84.5 cm³/mol. The molecule has 0 radical (unpaired) electrons. The normalized spacial score (nSPS) is 22.2. The molecule has 1 aromatic rings. The Labute approximate surface area is 133 Å². The molecule has 0 aromatic heterocycles. The highest BCUT2D eigenvalue weighted by Gasteiger charge is 2.39. The van der Waals surface area contributed by atoms with Crippen molar-refractivity contribution in [3.8, 4) is 5.75 Å². The van der Waals surface area contributed by atoms with Gasteiger partial charge < -0.3 is 15.2 Å². The number of cyclic esters (lactones) is 1. The second kappa shape index (κ2) is 5.03. The van der Waals surface area contributed by atoms with Crippen LogP contribution in [0.1, 0.15) is 25.5 Å².